The van der Waals surface area contributed by atoms with Crippen molar-refractivity contribution in [3.8, 4) is 0 Å². The molecule has 0 N–H and O–H groups in total. The van der Waals surface area contributed by atoms with Gasteiger partial charge in [-0.1, -0.05) is 0 Å². The zero-order valence-corrected chi connectivity index (χ0v) is 20.9. The highest BCUT2D eigenvalue weighted by Gasteiger charge is 2.42. The molecule has 0 aliphatic carbocycles. The van der Waals surface area contributed by atoms with Gasteiger partial charge in [0.15, 0.2) is 29.3 Å². The minimum Gasteiger partial charge on any atom is -0.376 e. The number of hydrogen-bond acceptors (Lipinski definition) is 10. The molecule has 2 atom stereocenters. The Morgan fingerprint density at radius 3 is 1.42 bits per heavy atom. The van der Waals surface area contributed by atoms with Gasteiger partial charge >= 0.3 is 0 Å². The summed E-state index contributed by atoms with van der Waals surface area (Å²) in [5, 5.41) is 0. The van der Waals surface area contributed by atoms with Crippen molar-refractivity contribution in [1.29, 1.82) is 0 Å². The van der Waals surface area contributed by atoms with Crippen LogP contribution in [0.15, 0.2) is 0 Å². The van der Waals surface area contributed by atoms with Gasteiger partial charge in [0.2, 0.25) is 0 Å². The summed E-state index contributed by atoms with van der Waals surface area (Å²) in [6, 6.07) is 0. The van der Waals surface area contributed by atoms with Crippen LogP contribution in [0.25, 0.3) is 0 Å². The van der Waals surface area contributed by atoms with E-state index in [-0.39, 0.29) is 18.0 Å². The molecule has 1 spiro atoms. The van der Waals surface area contributed by atoms with E-state index >= 15 is 0 Å². The maximum Gasteiger partial charge on any atom is 0.180 e. The molecule has 0 aromatic heterocycles. The summed E-state index contributed by atoms with van der Waals surface area (Å²) in [5.74, 6) is 0. The largest absolute Gasteiger partial charge is 0.376 e. The average Bonchev–Trinajstić information content (AvgIpc) is 2.80. The van der Waals surface area contributed by atoms with Crippen LogP contribution in [-0.2, 0) is 46.5 Å². The molecule has 10 nitrogen and oxygen atoms in total. The number of ether oxygens (including phenoxy) is 6. The van der Waals surface area contributed by atoms with Crippen molar-refractivity contribution in [1.82, 2.24) is 0 Å². The Morgan fingerprint density at radius 2 is 1.10 bits per heavy atom. The molecule has 0 amide bonds. The van der Waals surface area contributed by atoms with Gasteiger partial charge in [0.25, 0.3) is 0 Å². The standard InChI is InChI=1S/C19H38O10P2/c1-5-24-17(20-3)11-22-7-9-30-26-13-19(14-27-30)15-28-31(29-16-19)10-8-23-12-18(21-4)25-6-2/h17-18H,5-16H2,1-4H3. The molecule has 2 aliphatic heterocycles. The third kappa shape index (κ3) is 10.5. The van der Waals surface area contributed by atoms with Gasteiger partial charge in [-0.15, -0.1) is 0 Å². The summed E-state index contributed by atoms with van der Waals surface area (Å²) >= 11 is 0. The number of hydrogen-bond donors (Lipinski definition) is 0. The Bertz CT molecular complexity index is 402. The van der Waals surface area contributed by atoms with Crippen molar-refractivity contribution >= 4 is 16.8 Å². The van der Waals surface area contributed by atoms with E-state index in [1.54, 1.807) is 14.2 Å². The molecule has 0 saturated carbocycles. The summed E-state index contributed by atoms with van der Waals surface area (Å²) in [4.78, 5) is 0. The van der Waals surface area contributed by atoms with E-state index in [2.05, 4.69) is 0 Å². The summed E-state index contributed by atoms with van der Waals surface area (Å²) in [6.45, 7) is 9.17. The van der Waals surface area contributed by atoms with Crippen LogP contribution >= 0.6 is 16.8 Å². The lowest BCUT2D eigenvalue weighted by Crippen LogP contribution is -2.45. The van der Waals surface area contributed by atoms with Crippen LogP contribution < -0.4 is 0 Å². The fourth-order valence-electron chi connectivity index (χ4n) is 2.80. The molecule has 0 bridgehead atoms. The molecule has 2 saturated heterocycles. The molecule has 2 heterocycles. The minimum absolute atomic E-state index is 0.231. The Balaban J connectivity index is 1.53. The van der Waals surface area contributed by atoms with Crippen LogP contribution in [0.3, 0.4) is 0 Å². The Morgan fingerprint density at radius 1 is 0.710 bits per heavy atom. The maximum absolute atomic E-state index is 5.94. The zero-order chi connectivity index (χ0) is 22.4. The van der Waals surface area contributed by atoms with E-state index in [9.17, 15) is 0 Å². The van der Waals surface area contributed by atoms with Crippen LogP contribution in [0.4, 0.5) is 0 Å². The average molecular weight is 488 g/mol. The zero-order valence-electron chi connectivity index (χ0n) is 19.1. The second-order valence-corrected chi connectivity index (χ2v) is 10.4. The molecule has 12 heteroatoms. The highest BCUT2D eigenvalue weighted by molar-refractivity contribution is 7.47. The molecule has 31 heavy (non-hydrogen) atoms. The van der Waals surface area contributed by atoms with Crippen LogP contribution in [0.2, 0.25) is 0 Å². The van der Waals surface area contributed by atoms with Crippen molar-refractivity contribution in [2.75, 3.05) is 92.6 Å². The van der Waals surface area contributed by atoms with E-state index in [4.69, 9.17) is 46.5 Å². The first-order chi connectivity index (χ1) is 15.1. The highest BCUT2D eigenvalue weighted by atomic mass is 31.2. The van der Waals surface area contributed by atoms with Gasteiger partial charge in [-0.25, -0.2) is 0 Å². The highest BCUT2D eigenvalue weighted by Crippen LogP contribution is 2.51. The van der Waals surface area contributed by atoms with E-state index in [0.717, 1.165) is 0 Å². The summed E-state index contributed by atoms with van der Waals surface area (Å²) < 4.78 is 56.1. The first-order valence-electron chi connectivity index (χ1n) is 10.7. The van der Waals surface area contributed by atoms with Crippen molar-refractivity contribution < 1.29 is 46.5 Å². The van der Waals surface area contributed by atoms with E-state index in [0.29, 0.717) is 78.4 Å². The first-order valence-corrected chi connectivity index (χ1v) is 13.4. The van der Waals surface area contributed by atoms with Gasteiger partial charge < -0.3 is 46.5 Å². The van der Waals surface area contributed by atoms with Crippen molar-refractivity contribution in [2.24, 2.45) is 5.41 Å². The monoisotopic (exact) mass is 488 g/mol. The van der Waals surface area contributed by atoms with Gasteiger partial charge in [0.1, 0.15) is 0 Å². The predicted octanol–water partition coefficient (Wildman–Crippen LogP) is 2.74. The summed E-state index contributed by atoms with van der Waals surface area (Å²) in [7, 11) is 1.30. The molecule has 0 radical (unpaired) electrons. The fourth-order valence-corrected chi connectivity index (χ4v) is 5.69. The van der Waals surface area contributed by atoms with Crippen molar-refractivity contribution in [3.63, 3.8) is 0 Å². The Labute approximate surface area is 188 Å². The molecular weight excluding hydrogens is 450 g/mol. The second kappa shape index (κ2) is 16.1. The maximum atomic E-state index is 5.94. The molecule has 2 aliphatic rings. The Kier molecular flexibility index (Phi) is 14.4. The van der Waals surface area contributed by atoms with Crippen LogP contribution in [-0.4, -0.2) is 105 Å². The van der Waals surface area contributed by atoms with Crippen molar-refractivity contribution in [2.45, 2.75) is 26.4 Å². The van der Waals surface area contributed by atoms with Gasteiger partial charge in [-0.2, -0.15) is 0 Å². The lowest BCUT2D eigenvalue weighted by Gasteiger charge is -2.42. The SMILES string of the molecule is CCOC(COCCP1OCC2(CO1)COP(CCOCC(OC)OCC)OC2)OC. The molecule has 184 valence electrons. The molecule has 2 rings (SSSR count). The number of rotatable bonds is 16. The topological polar surface area (TPSA) is 92.3 Å². The fraction of sp³-hybridized carbons (Fsp3) is 1.00. The van der Waals surface area contributed by atoms with Gasteiger partial charge in [-0.05, 0) is 13.8 Å². The van der Waals surface area contributed by atoms with Gasteiger partial charge in [-0.3, -0.25) is 0 Å². The molecule has 2 unspecified atom stereocenters. The van der Waals surface area contributed by atoms with E-state index in [1.807, 2.05) is 13.8 Å². The summed E-state index contributed by atoms with van der Waals surface area (Å²) in [6.07, 6.45) is 0.753. The van der Waals surface area contributed by atoms with Crippen LogP contribution in [0.1, 0.15) is 13.8 Å². The normalized spacial score (nSPS) is 28.6. The third-order valence-electron chi connectivity index (χ3n) is 4.63. The first kappa shape index (κ1) is 27.7. The predicted molar refractivity (Wildman–Crippen MR) is 116 cm³/mol. The quantitative estimate of drug-likeness (QED) is 0.183. The van der Waals surface area contributed by atoms with E-state index in [1.165, 1.54) is 0 Å². The minimum atomic E-state index is -0.956. The molecule has 0 aromatic carbocycles. The second-order valence-electron chi connectivity index (χ2n) is 7.10. The van der Waals surface area contributed by atoms with E-state index < -0.39 is 16.8 Å². The molecule has 2 fully saturated rings. The number of methoxy groups -OCH3 is 2. The summed E-state index contributed by atoms with van der Waals surface area (Å²) in [5.41, 5.74) is -0.231. The van der Waals surface area contributed by atoms with Crippen LogP contribution in [0.5, 0.6) is 0 Å². The lowest BCUT2D eigenvalue weighted by atomic mass is 9.93. The van der Waals surface area contributed by atoms with Crippen LogP contribution in [0, 0.1) is 5.41 Å². The third-order valence-corrected chi connectivity index (χ3v) is 7.40. The molecule has 0 aromatic rings. The van der Waals surface area contributed by atoms with Gasteiger partial charge in [0.05, 0.1) is 58.3 Å². The smallest absolute Gasteiger partial charge is 0.180 e. The lowest BCUT2D eigenvalue weighted by molar-refractivity contribution is -0.153. The van der Waals surface area contributed by atoms with Gasteiger partial charge in [0, 0.05) is 39.8 Å². The molecular formula is C19H38O10P2. The van der Waals surface area contributed by atoms with Crippen molar-refractivity contribution in [3.05, 3.63) is 0 Å². The Hall–Kier alpha value is 0.460.